The minimum atomic E-state index is 0.0403. The van der Waals surface area contributed by atoms with Gasteiger partial charge in [0.25, 0.3) is 0 Å². The molecule has 1 N–H and O–H groups in total. The Balaban J connectivity index is 1.64. The lowest BCUT2D eigenvalue weighted by molar-refractivity contribution is -0.126. The van der Waals surface area contributed by atoms with Crippen LogP contribution in [0.2, 0.25) is 0 Å². The molecular formula is C16H21N5O2. The van der Waals surface area contributed by atoms with E-state index in [4.69, 9.17) is 4.52 Å². The zero-order chi connectivity index (χ0) is 16.2. The summed E-state index contributed by atoms with van der Waals surface area (Å²) in [6.07, 6.45) is 5.14. The SMILES string of the molecule is CNC(=O)C1CCN([C@@H](C)c2nc(-c3cccnc3)no2)CC1. The predicted molar refractivity (Wildman–Crippen MR) is 84.3 cm³/mol. The number of nitrogens with zero attached hydrogens (tertiary/aromatic N) is 4. The van der Waals surface area contributed by atoms with Crippen molar-refractivity contribution in [2.45, 2.75) is 25.8 Å². The van der Waals surface area contributed by atoms with Crippen molar-refractivity contribution in [2.75, 3.05) is 20.1 Å². The third-order valence-corrected chi connectivity index (χ3v) is 4.41. The number of pyridine rings is 1. The number of piperidine rings is 1. The van der Waals surface area contributed by atoms with Crippen molar-refractivity contribution in [3.8, 4) is 11.4 Å². The number of carbonyl (C=O) groups is 1. The van der Waals surface area contributed by atoms with E-state index in [0.29, 0.717) is 11.7 Å². The molecule has 0 aromatic carbocycles. The predicted octanol–water partition coefficient (Wildman–Crippen LogP) is 1.65. The van der Waals surface area contributed by atoms with Crippen LogP contribution in [0.5, 0.6) is 0 Å². The van der Waals surface area contributed by atoms with Crippen molar-refractivity contribution in [3.05, 3.63) is 30.4 Å². The third kappa shape index (κ3) is 3.39. The van der Waals surface area contributed by atoms with Gasteiger partial charge in [0, 0.05) is 30.9 Å². The fraction of sp³-hybridized carbons (Fsp3) is 0.500. The molecule has 122 valence electrons. The minimum absolute atomic E-state index is 0.0403. The first-order valence-electron chi connectivity index (χ1n) is 7.88. The van der Waals surface area contributed by atoms with Gasteiger partial charge in [0.15, 0.2) is 0 Å². The molecule has 2 aromatic rings. The molecule has 2 aromatic heterocycles. The second kappa shape index (κ2) is 6.87. The summed E-state index contributed by atoms with van der Waals surface area (Å²) in [4.78, 5) is 22.5. The Morgan fingerprint density at radius 3 is 2.87 bits per heavy atom. The van der Waals surface area contributed by atoms with Gasteiger partial charge in [-0.2, -0.15) is 4.98 Å². The molecule has 1 atom stereocenters. The van der Waals surface area contributed by atoms with E-state index in [-0.39, 0.29) is 17.9 Å². The van der Waals surface area contributed by atoms with Crippen LogP contribution in [0.1, 0.15) is 31.7 Å². The van der Waals surface area contributed by atoms with Crippen LogP contribution >= 0.6 is 0 Å². The van der Waals surface area contributed by atoms with E-state index in [1.807, 2.05) is 12.1 Å². The minimum Gasteiger partial charge on any atom is -0.359 e. The van der Waals surface area contributed by atoms with Crippen LogP contribution in [0.3, 0.4) is 0 Å². The van der Waals surface area contributed by atoms with Gasteiger partial charge in [0.1, 0.15) is 0 Å². The average Bonchev–Trinajstić information content (AvgIpc) is 3.11. The summed E-state index contributed by atoms with van der Waals surface area (Å²) in [5.41, 5.74) is 0.841. The van der Waals surface area contributed by atoms with Crippen molar-refractivity contribution < 1.29 is 9.32 Å². The Morgan fingerprint density at radius 1 is 1.43 bits per heavy atom. The van der Waals surface area contributed by atoms with Gasteiger partial charge in [0.05, 0.1) is 6.04 Å². The number of carbonyl (C=O) groups excluding carboxylic acids is 1. The van der Waals surface area contributed by atoms with Crippen molar-refractivity contribution in [3.63, 3.8) is 0 Å². The second-order valence-electron chi connectivity index (χ2n) is 5.80. The van der Waals surface area contributed by atoms with Crippen LogP contribution < -0.4 is 5.32 Å². The normalized spacial score (nSPS) is 17.8. The Kier molecular flexibility index (Phi) is 4.66. The summed E-state index contributed by atoms with van der Waals surface area (Å²) in [5, 5.41) is 6.77. The van der Waals surface area contributed by atoms with Crippen LogP contribution in [0, 0.1) is 5.92 Å². The largest absolute Gasteiger partial charge is 0.359 e. The van der Waals surface area contributed by atoms with Crippen molar-refractivity contribution >= 4 is 5.91 Å². The Hall–Kier alpha value is -2.28. The maximum Gasteiger partial charge on any atom is 0.244 e. The van der Waals surface area contributed by atoms with E-state index in [0.717, 1.165) is 31.5 Å². The molecule has 1 fully saturated rings. The summed E-state index contributed by atoms with van der Waals surface area (Å²) in [6, 6.07) is 3.79. The van der Waals surface area contributed by atoms with Crippen LogP contribution in [-0.4, -0.2) is 46.1 Å². The lowest BCUT2D eigenvalue weighted by Gasteiger charge is -2.33. The fourth-order valence-electron chi connectivity index (χ4n) is 2.93. The summed E-state index contributed by atoms with van der Waals surface area (Å²) in [7, 11) is 1.69. The highest BCUT2D eigenvalue weighted by atomic mass is 16.5. The van der Waals surface area contributed by atoms with Gasteiger partial charge in [-0.15, -0.1) is 0 Å². The topological polar surface area (TPSA) is 84.2 Å². The first kappa shape index (κ1) is 15.6. The number of aromatic nitrogens is 3. The molecule has 1 amide bonds. The van der Waals surface area contributed by atoms with Gasteiger partial charge < -0.3 is 9.84 Å². The molecule has 1 aliphatic rings. The Bertz CT molecular complexity index is 650. The van der Waals surface area contributed by atoms with Gasteiger partial charge in [-0.05, 0) is 45.0 Å². The smallest absolute Gasteiger partial charge is 0.244 e. The van der Waals surface area contributed by atoms with Crippen molar-refractivity contribution in [1.82, 2.24) is 25.3 Å². The van der Waals surface area contributed by atoms with Crippen LogP contribution in [-0.2, 0) is 4.79 Å². The van der Waals surface area contributed by atoms with Crippen LogP contribution in [0.4, 0.5) is 0 Å². The molecule has 7 heteroatoms. The van der Waals surface area contributed by atoms with Gasteiger partial charge in [0.2, 0.25) is 17.6 Å². The van der Waals surface area contributed by atoms with E-state index < -0.39 is 0 Å². The van der Waals surface area contributed by atoms with Crippen molar-refractivity contribution in [2.24, 2.45) is 5.92 Å². The van der Waals surface area contributed by atoms with E-state index in [9.17, 15) is 4.79 Å². The molecule has 0 bridgehead atoms. The fourth-order valence-corrected chi connectivity index (χ4v) is 2.93. The summed E-state index contributed by atoms with van der Waals surface area (Å²) in [5.74, 6) is 1.40. The highest BCUT2D eigenvalue weighted by Gasteiger charge is 2.29. The van der Waals surface area contributed by atoms with E-state index in [1.54, 1.807) is 19.4 Å². The van der Waals surface area contributed by atoms with Gasteiger partial charge >= 0.3 is 0 Å². The molecule has 0 radical (unpaired) electrons. The highest BCUT2D eigenvalue weighted by Crippen LogP contribution is 2.27. The maximum atomic E-state index is 11.7. The first-order valence-corrected chi connectivity index (χ1v) is 7.88. The molecule has 3 rings (SSSR count). The molecule has 23 heavy (non-hydrogen) atoms. The van der Waals surface area contributed by atoms with Crippen molar-refractivity contribution in [1.29, 1.82) is 0 Å². The Morgan fingerprint density at radius 2 is 2.22 bits per heavy atom. The number of hydrogen-bond donors (Lipinski definition) is 1. The highest BCUT2D eigenvalue weighted by molar-refractivity contribution is 5.78. The summed E-state index contributed by atoms with van der Waals surface area (Å²) >= 11 is 0. The molecule has 0 spiro atoms. The lowest BCUT2D eigenvalue weighted by atomic mass is 9.95. The molecular weight excluding hydrogens is 294 g/mol. The monoisotopic (exact) mass is 315 g/mol. The quantitative estimate of drug-likeness (QED) is 0.923. The zero-order valence-electron chi connectivity index (χ0n) is 13.4. The van der Waals surface area contributed by atoms with Gasteiger partial charge in [-0.25, -0.2) is 0 Å². The molecule has 1 aliphatic heterocycles. The third-order valence-electron chi connectivity index (χ3n) is 4.41. The number of hydrogen-bond acceptors (Lipinski definition) is 6. The molecule has 1 saturated heterocycles. The van der Waals surface area contributed by atoms with Gasteiger partial charge in [-0.1, -0.05) is 5.16 Å². The first-order chi connectivity index (χ1) is 11.2. The lowest BCUT2D eigenvalue weighted by Crippen LogP contribution is -2.40. The number of rotatable bonds is 4. The van der Waals surface area contributed by atoms with Gasteiger partial charge in [-0.3, -0.25) is 14.7 Å². The van der Waals surface area contributed by atoms with E-state index >= 15 is 0 Å². The van der Waals surface area contributed by atoms with Crippen LogP contribution in [0.25, 0.3) is 11.4 Å². The maximum absolute atomic E-state index is 11.7. The summed E-state index contributed by atoms with van der Waals surface area (Å²) < 4.78 is 5.42. The molecule has 0 saturated carbocycles. The zero-order valence-corrected chi connectivity index (χ0v) is 13.4. The molecule has 3 heterocycles. The Labute approximate surface area is 135 Å². The number of amides is 1. The van der Waals surface area contributed by atoms with E-state index in [2.05, 4.69) is 32.3 Å². The number of nitrogens with one attached hydrogen (secondary N) is 1. The molecule has 0 aliphatic carbocycles. The van der Waals surface area contributed by atoms with Crippen LogP contribution in [0.15, 0.2) is 29.0 Å². The standard InChI is InChI=1S/C16H21N5O2/c1-11(21-8-5-12(6-9-21)15(22)17-2)16-19-14(20-23-16)13-4-3-7-18-10-13/h3-4,7,10-12H,5-6,8-9H2,1-2H3,(H,17,22)/t11-/m0/s1. The second-order valence-corrected chi connectivity index (χ2v) is 5.80. The molecule has 0 unspecified atom stereocenters. The van der Waals surface area contributed by atoms with E-state index in [1.165, 1.54) is 0 Å². The average molecular weight is 315 g/mol. The summed E-state index contributed by atoms with van der Waals surface area (Å²) in [6.45, 7) is 3.76. The molecule has 7 nitrogen and oxygen atoms in total. The number of likely N-dealkylation sites (tertiary alicyclic amines) is 1.